The first-order valence-electron chi connectivity index (χ1n) is 6.38. The van der Waals surface area contributed by atoms with Crippen molar-refractivity contribution < 1.29 is 23.5 Å². The summed E-state index contributed by atoms with van der Waals surface area (Å²) in [4.78, 5) is 27.2. The van der Waals surface area contributed by atoms with Crippen molar-refractivity contribution in [3.63, 3.8) is 0 Å². The van der Waals surface area contributed by atoms with E-state index in [0.717, 1.165) is 0 Å². The van der Waals surface area contributed by atoms with Crippen molar-refractivity contribution in [1.82, 2.24) is 4.98 Å². The summed E-state index contributed by atoms with van der Waals surface area (Å²) < 4.78 is 11.0. The van der Waals surface area contributed by atoms with Crippen LogP contribution in [0.5, 0.6) is 0 Å². The number of anilines is 1. The number of rotatable bonds is 4. The van der Waals surface area contributed by atoms with E-state index in [-0.39, 0.29) is 17.1 Å². The number of carbonyl (C=O) groups excluding carboxylic acids is 1. The molecule has 2 aromatic heterocycles. The number of carboxylic acids is 1. The third-order valence-corrected chi connectivity index (χ3v) is 3.42. The zero-order chi connectivity index (χ0) is 16.4. The quantitative estimate of drug-likeness (QED) is 0.719. The minimum absolute atomic E-state index is 0.0504. The zero-order valence-corrected chi connectivity index (χ0v) is 13.0. The van der Waals surface area contributed by atoms with Gasteiger partial charge in [-0.25, -0.2) is 9.78 Å². The van der Waals surface area contributed by atoms with E-state index in [4.69, 9.17) is 8.83 Å². The van der Waals surface area contributed by atoms with E-state index < -0.39 is 11.9 Å². The summed E-state index contributed by atoms with van der Waals surface area (Å²) in [6, 6.07) is 7.83. The van der Waals surface area contributed by atoms with Crippen LogP contribution in [0.15, 0.2) is 56.1 Å². The molecule has 116 valence electrons. The molecule has 1 aromatic carbocycles. The largest absolute Gasteiger partial charge is 0.478 e. The van der Waals surface area contributed by atoms with Crippen LogP contribution in [0.1, 0.15) is 21.0 Å². The molecule has 2 heterocycles. The lowest BCUT2D eigenvalue weighted by molar-refractivity contribution is 0.0698. The maximum absolute atomic E-state index is 12.2. The highest BCUT2D eigenvalue weighted by Gasteiger charge is 2.18. The summed E-state index contributed by atoms with van der Waals surface area (Å²) in [5.74, 6) is -1.28. The number of nitrogens with zero attached hydrogens (tertiary/aromatic N) is 1. The fourth-order valence-electron chi connectivity index (χ4n) is 1.89. The van der Waals surface area contributed by atoms with Crippen LogP contribution in [-0.4, -0.2) is 22.0 Å². The average molecular weight is 377 g/mol. The smallest absolute Gasteiger partial charge is 0.337 e. The van der Waals surface area contributed by atoms with Crippen molar-refractivity contribution in [2.75, 3.05) is 5.32 Å². The standard InChI is InChI=1S/C15H9BrN2O5/c16-8-3-4-10(9(6-8)15(20)21)18-13(19)14-17-7-12(23-14)11-2-1-5-22-11/h1-7H,(H,18,19)(H,20,21). The predicted molar refractivity (Wildman–Crippen MR) is 83.3 cm³/mol. The summed E-state index contributed by atoms with van der Waals surface area (Å²) in [6.07, 6.45) is 2.83. The Morgan fingerprint density at radius 1 is 1.22 bits per heavy atom. The van der Waals surface area contributed by atoms with Crippen molar-refractivity contribution in [2.45, 2.75) is 0 Å². The van der Waals surface area contributed by atoms with Gasteiger partial charge in [0, 0.05) is 4.47 Å². The molecule has 0 spiro atoms. The number of aromatic nitrogens is 1. The summed E-state index contributed by atoms with van der Waals surface area (Å²) in [6.45, 7) is 0. The number of carbonyl (C=O) groups is 2. The highest BCUT2D eigenvalue weighted by Crippen LogP contribution is 2.23. The number of oxazole rings is 1. The van der Waals surface area contributed by atoms with Gasteiger partial charge in [-0.1, -0.05) is 15.9 Å². The number of hydrogen-bond donors (Lipinski definition) is 2. The Morgan fingerprint density at radius 2 is 2.04 bits per heavy atom. The molecule has 0 atom stereocenters. The molecule has 1 amide bonds. The lowest BCUT2D eigenvalue weighted by Gasteiger charge is -2.07. The third-order valence-electron chi connectivity index (χ3n) is 2.92. The van der Waals surface area contributed by atoms with Crippen LogP contribution in [-0.2, 0) is 0 Å². The van der Waals surface area contributed by atoms with Gasteiger partial charge in [-0.2, -0.15) is 0 Å². The minimum atomic E-state index is -1.16. The first kappa shape index (κ1) is 15.0. The first-order valence-corrected chi connectivity index (χ1v) is 7.18. The Bertz CT molecular complexity index is 870. The molecule has 0 radical (unpaired) electrons. The first-order chi connectivity index (χ1) is 11.0. The predicted octanol–water partition coefficient (Wildman–Crippen LogP) is 3.65. The summed E-state index contributed by atoms with van der Waals surface area (Å²) in [5, 5.41) is 11.6. The second kappa shape index (κ2) is 6.09. The van der Waals surface area contributed by atoms with Gasteiger partial charge in [0.25, 0.3) is 5.89 Å². The van der Waals surface area contributed by atoms with Gasteiger partial charge < -0.3 is 19.3 Å². The Morgan fingerprint density at radius 3 is 2.74 bits per heavy atom. The number of nitrogens with one attached hydrogen (secondary N) is 1. The molecule has 0 unspecified atom stereocenters. The van der Waals surface area contributed by atoms with E-state index in [9.17, 15) is 14.7 Å². The Balaban J connectivity index is 1.84. The fraction of sp³-hybridized carbons (Fsp3) is 0. The second-order valence-corrected chi connectivity index (χ2v) is 5.37. The molecule has 0 aliphatic heterocycles. The normalized spacial score (nSPS) is 10.5. The third kappa shape index (κ3) is 3.16. The van der Waals surface area contributed by atoms with E-state index in [1.54, 1.807) is 18.2 Å². The van der Waals surface area contributed by atoms with Gasteiger partial charge in [0.15, 0.2) is 11.5 Å². The second-order valence-electron chi connectivity index (χ2n) is 4.46. The highest BCUT2D eigenvalue weighted by atomic mass is 79.9. The van der Waals surface area contributed by atoms with Crippen molar-refractivity contribution in [3.8, 4) is 11.5 Å². The number of carboxylic acid groups (broad SMARTS) is 1. The van der Waals surface area contributed by atoms with Gasteiger partial charge in [-0.3, -0.25) is 4.79 Å². The molecule has 3 aromatic rings. The van der Waals surface area contributed by atoms with Crippen molar-refractivity contribution in [1.29, 1.82) is 0 Å². The van der Waals surface area contributed by atoms with Crippen LogP contribution < -0.4 is 5.32 Å². The number of hydrogen-bond acceptors (Lipinski definition) is 5. The Labute approximate surface area is 138 Å². The molecule has 0 saturated heterocycles. The van der Waals surface area contributed by atoms with Crippen LogP contribution in [0, 0.1) is 0 Å². The molecule has 0 bridgehead atoms. The number of amides is 1. The number of aromatic carboxylic acids is 1. The Hall–Kier alpha value is -2.87. The molecule has 0 saturated carbocycles. The van der Waals surface area contributed by atoms with Crippen LogP contribution in [0.4, 0.5) is 5.69 Å². The molecule has 7 nitrogen and oxygen atoms in total. The molecule has 8 heteroatoms. The fourth-order valence-corrected chi connectivity index (χ4v) is 2.25. The number of furan rings is 1. The molecule has 2 N–H and O–H groups in total. The molecule has 3 rings (SSSR count). The van der Waals surface area contributed by atoms with Gasteiger partial charge in [0.1, 0.15) is 0 Å². The van der Waals surface area contributed by atoms with E-state index in [1.807, 2.05) is 0 Å². The molecular weight excluding hydrogens is 368 g/mol. The SMILES string of the molecule is O=C(Nc1ccc(Br)cc1C(=O)O)c1ncc(-c2ccco2)o1. The summed E-state index contributed by atoms with van der Waals surface area (Å²) in [7, 11) is 0. The highest BCUT2D eigenvalue weighted by molar-refractivity contribution is 9.10. The van der Waals surface area contributed by atoms with Crippen LogP contribution in [0.3, 0.4) is 0 Å². The summed E-state index contributed by atoms with van der Waals surface area (Å²) >= 11 is 3.18. The van der Waals surface area contributed by atoms with E-state index >= 15 is 0 Å². The van der Waals surface area contributed by atoms with Gasteiger partial charge in [-0.15, -0.1) is 0 Å². The van der Waals surface area contributed by atoms with Gasteiger partial charge >= 0.3 is 11.9 Å². The molecular formula is C15H9BrN2O5. The number of benzene rings is 1. The van der Waals surface area contributed by atoms with E-state index in [2.05, 4.69) is 26.2 Å². The molecule has 0 aliphatic carbocycles. The molecule has 0 aliphatic rings. The number of halogens is 1. The summed E-state index contributed by atoms with van der Waals surface area (Å²) in [5.41, 5.74) is 0.0917. The van der Waals surface area contributed by atoms with Crippen molar-refractivity contribution >= 4 is 33.5 Å². The lowest BCUT2D eigenvalue weighted by atomic mass is 10.2. The van der Waals surface area contributed by atoms with Crippen molar-refractivity contribution in [3.05, 3.63) is 58.7 Å². The maximum atomic E-state index is 12.2. The average Bonchev–Trinajstić information content (AvgIpc) is 3.19. The zero-order valence-electron chi connectivity index (χ0n) is 11.4. The monoisotopic (exact) mass is 376 g/mol. The van der Waals surface area contributed by atoms with Crippen LogP contribution >= 0.6 is 15.9 Å². The van der Waals surface area contributed by atoms with Gasteiger partial charge in [0.05, 0.1) is 23.7 Å². The molecule has 0 fully saturated rings. The van der Waals surface area contributed by atoms with Crippen molar-refractivity contribution in [2.24, 2.45) is 0 Å². The van der Waals surface area contributed by atoms with Crippen LogP contribution in [0.25, 0.3) is 11.5 Å². The van der Waals surface area contributed by atoms with Gasteiger partial charge in [-0.05, 0) is 30.3 Å². The molecule has 23 heavy (non-hydrogen) atoms. The Kier molecular flexibility index (Phi) is 3.98. The van der Waals surface area contributed by atoms with E-state index in [0.29, 0.717) is 16.0 Å². The minimum Gasteiger partial charge on any atom is -0.478 e. The maximum Gasteiger partial charge on any atom is 0.337 e. The van der Waals surface area contributed by atoms with E-state index in [1.165, 1.54) is 24.6 Å². The topological polar surface area (TPSA) is 106 Å². The van der Waals surface area contributed by atoms with Gasteiger partial charge in [0.2, 0.25) is 0 Å². The van der Waals surface area contributed by atoms with Crippen LogP contribution in [0.2, 0.25) is 0 Å². The lowest BCUT2D eigenvalue weighted by Crippen LogP contribution is -2.15.